The maximum atomic E-state index is 10.7. The summed E-state index contributed by atoms with van der Waals surface area (Å²) in [6.07, 6.45) is 0. The summed E-state index contributed by atoms with van der Waals surface area (Å²) < 4.78 is 0. The van der Waals surface area contributed by atoms with Gasteiger partial charge in [0.2, 0.25) is 0 Å². The number of para-hydroxylation sites is 1. The van der Waals surface area contributed by atoms with Crippen molar-refractivity contribution in [3.63, 3.8) is 0 Å². The Morgan fingerprint density at radius 2 is 1.88 bits per heavy atom. The highest BCUT2D eigenvalue weighted by atomic mass is 16.6. The summed E-state index contributed by atoms with van der Waals surface area (Å²) in [5.74, 6) is 0. The molecule has 0 spiro atoms. The Hall–Kier alpha value is -2.66. The molecule has 1 rings (SSSR count). The highest BCUT2D eigenvalue weighted by Crippen LogP contribution is 2.27. The smallest absolute Gasteiger partial charge is 0.258 e. The molecule has 16 heavy (non-hydrogen) atoms. The molecule has 0 aliphatic carbocycles. The normalized spacial score (nSPS) is 8.69. The lowest BCUT2D eigenvalue weighted by molar-refractivity contribution is -0.385. The second kappa shape index (κ2) is 4.72. The second-order valence-corrected chi connectivity index (χ2v) is 3.00. The SMILES string of the molecule is CC(=C(C#N)C#N)c1ccccc1[N+](=O)[O-]. The standard InChI is InChI=1S/C11H7N3O2/c1-8(9(6-12)7-13)10-4-2-3-5-11(10)14(15)16/h2-5H,1H3. The van der Waals surface area contributed by atoms with E-state index in [9.17, 15) is 10.1 Å². The fraction of sp³-hybridized carbons (Fsp3) is 0.0909. The minimum absolute atomic E-state index is 0.108. The molecule has 0 fully saturated rings. The van der Waals surface area contributed by atoms with Crippen molar-refractivity contribution in [1.82, 2.24) is 0 Å². The molecule has 0 N–H and O–H groups in total. The van der Waals surface area contributed by atoms with Gasteiger partial charge in [0.25, 0.3) is 5.69 Å². The Morgan fingerprint density at radius 3 is 2.38 bits per heavy atom. The highest BCUT2D eigenvalue weighted by molar-refractivity contribution is 5.78. The number of hydrogen-bond acceptors (Lipinski definition) is 4. The van der Waals surface area contributed by atoms with E-state index >= 15 is 0 Å². The third kappa shape index (κ3) is 2.05. The largest absolute Gasteiger partial charge is 0.276 e. The first-order valence-electron chi connectivity index (χ1n) is 4.36. The molecule has 5 nitrogen and oxygen atoms in total. The van der Waals surface area contributed by atoms with Crippen molar-refractivity contribution in [3.8, 4) is 12.1 Å². The first kappa shape index (κ1) is 11.4. The molecule has 0 amide bonds. The molecule has 0 saturated carbocycles. The van der Waals surface area contributed by atoms with Crippen LogP contribution in [0.15, 0.2) is 29.8 Å². The average molecular weight is 213 g/mol. The molecule has 5 heteroatoms. The summed E-state index contributed by atoms with van der Waals surface area (Å²) in [5, 5.41) is 28.1. The zero-order valence-electron chi connectivity index (χ0n) is 8.47. The van der Waals surface area contributed by atoms with Crippen LogP contribution in [-0.4, -0.2) is 4.92 Å². The van der Waals surface area contributed by atoms with Crippen LogP contribution in [-0.2, 0) is 0 Å². The molecule has 0 heterocycles. The van der Waals surface area contributed by atoms with Gasteiger partial charge in [0.1, 0.15) is 17.7 Å². The van der Waals surface area contributed by atoms with Crippen molar-refractivity contribution in [3.05, 3.63) is 45.5 Å². The Labute approximate surface area is 92.0 Å². The van der Waals surface area contributed by atoms with E-state index in [4.69, 9.17) is 10.5 Å². The number of rotatable bonds is 2. The van der Waals surface area contributed by atoms with Gasteiger partial charge in [0.05, 0.1) is 10.5 Å². The molecule has 0 unspecified atom stereocenters. The van der Waals surface area contributed by atoms with Crippen molar-refractivity contribution in [2.45, 2.75) is 6.92 Å². The molecular formula is C11H7N3O2. The van der Waals surface area contributed by atoms with Gasteiger partial charge in [0, 0.05) is 6.07 Å². The lowest BCUT2D eigenvalue weighted by Gasteiger charge is -2.02. The third-order valence-electron chi connectivity index (χ3n) is 2.10. The first-order chi connectivity index (χ1) is 7.61. The van der Waals surface area contributed by atoms with E-state index in [1.807, 2.05) is 0 Å². The van der Waals surface area contributed by atoms with Crippen LogP contribution in [0.4, 0.5) is 5.69 Å². The van der Waals surface area contributed by atoms with E-state index in [1.54, 1.807) is 18.2 Å². The minimum Gasteiger partial charge on any atom is -0.258 e. The Morgan fingerprint density at radius 1 is 1.31 bits per heavy atom. The van der Waals surface area contributed by atoms with Crippen LogP contribution in [0.1, 0.15) is 12.5 Å². The van der Waals surface area contributed by atoms with Gasteiger partial charge in [-0.05, 0) is 18.6 Å². The van der Waals surface area contributed by atoms with Gasteiger partial charge in [0.15, 0.2) is 0 Å². The van der Waals surface area contributed by atoms with Crippen LogP contribution in [0.2, 0.25) is 0 Å². The summed E-state index contributed by atoms with van der Waals surface area (Å²) in [6, 6.07) is 9.44. The van der Waals surface area contributed by atoms with E-state index < -0.39 is 4.92 Å². The average Bonchev–Trinajstić information content (AvgIpc) is 2.30. The predicted octanol–water partition coefficient (Wildman–Crippen LogP) is 2.42. The van der Waals surface area contributed by atoms with Crippen molar-refractivity contribution in [1.29, 1.82) is 10.5 Å². The van der Waals surface area contributed by atoms with Gasteiger partial charge in [-0.3, -0.25) is 10.1 Å². The fourth-order valence-corrected chi connectivity index (χ4v) is 1.28. The quantitative estimate of drug-likeness (QED) is 0.428. The minimum atomic E-state index is -0.537. The van der Waals surface area contributed by atoms with E-state index in [2.05, 4.69) is 0 Å². The summed E-state index contributed by atoms with van der Waals surface area (Å²) in [7, 11) is 0. The van der Waals surface area contributed by atoms with E-state index in [0.717, 1.165) is 0 Å². The Kier molecular flexibility index (Phi) is 3.37. The summed E-state index contributed by atoms with van der Waals surface area (Å²) in [4.78, 5) is 10.2. The number of hydrogen-bond donors (Lipinski definition) is 0. The molecule has 78 valence electrons. The molecule has 0 saturated heterocycles. The zero-order valence-corrected chi connectivity index (χ0v) is 8.47. The number of nitro groups is 1. The molecule has 0 aliphatic heterocycles. The second-order valence-electron chi connectivity index (χ2n) is 3.00. The van der Waals surface area contributed by atoms with Gasteiger partial charge < -0.3 is 0 Å². The Balaban J connectivity index is 3.48. The summed E-state index contributed by atoms with van der Waals surface area (Å²) in [6.45, 7) is 1.52. The number of benzene rings is 1. The van der Waals surface area contributed by atoms with Gasteiger partial charge in [-0.25, -0.2) is 0 Å². The van der Waals surface area contributed by atoms with Gasteiger partial charge in [-0.2, -0.15) is 10.5 Å². The third-order valence-corrected chi connectivity index (χ3v) is 2.10. The van der Waals surface area contributed by atoms with Crippen LogP contribution in [0.25, 0.3) is 5.57 Å². The number of nitro benzene ring substituents is 1. The van der Waals surface area contributed by atoms with Gasteiger partial charge in [-0.1, -0.05) is 12.1 Å². The molecule has 1 aromatic rings. The van der Waals surface area contributed by atoms with Crippen LogP contribution in [0.5, 0.6) is 0 Å². The number of nitrogens with zero attached hydrogens (tertiary/aromatic N) is 3. The Bertz CT molecular complexity index is 531. The molecule has 0 bridgehead atoms. The van der Waals surface area contributed by atoms with Crippen LogP contribution < -0.4 is 0 Å². The van der Waals surface area contributed by atoms with Crippen molar-refractivity contribution in [2.75, 3.05) is 0 Å². The predicted molar refractivity (Wildman–Crippen MR) is 56.9 cm³/mol. The van der Waals surface area contributed by atoms with Crippen molar-refractivity contribution >= 4 is 11.3 Å². The molecule has 0 aliphatic rings. The van der Waals surface area contributed by atoms with E-state index in [-0.39, 0.29) is 11.3 Å². The molecule has 0 atom stereocenters. The first-order valence-corrected chi connectivity index (χ1v) is 4.36. The topological polar surface area (TPSA) is 90.7 Å². The molecular weight excluding hydrogens is 206 g/mol. The molecule has 0 radical (unpaired) electrons. The lowest BCUT2D eigenvalue weighted by atomic mass is 10.0. The lowest BCUT2D eigenvalue weighted by Crippen LogP contribution is -1.94. The summed E-state index contributed by atoms with van der Waals surface area (Å²) >= 11 is 0. The van der Waals surface area contributed by atoms with Crippen molar-refractivity contribution in [2.24, 2.45) is 0 Å². The summed E-state index contributed by atoms with van der Waals surface area (Å²) in [5.41, 5.74) is 0.389. The monoisotopic (exact) mass is 213 g/mol. The van der Waals surface area contributed by atoms with Gasteiger partial charge >= 0.3 is 0 Å². The highest BCUT2D eigenvalue weighted by Gasteiger charge is 2.16. The fourth-order valence-electron chi connectivity index (χ4n) is 1.28. The van der Waals surface area contributed by atoms with Crippen LogP contribution in [0.3, 0.4) is 0 Å². The molecule has 0 aromatic heterocycles. The van der Waals surface area contributed by atoms with E-state index in [1.165, 1.54) is 25.1 Å². The number of nitriles is 2. The maximum absolute atomic E-state index is 10.7. The van der Waals surface area contributed by atoms with Crippen LogP contribution >= 0.6 is 0 Å². The number of allylic oxidation sites excluding steroid dienone is 2. The van der Waals surface area contributed by atoms with Gasteiger partial charge in [-0.15, -0.1) is 0 Å². The maximum Gasteiger partial charge on any atom is 0.276 e. The van der Waals surface area contributed by atoms with Crippen molar-refractivity contribution < 1.29 is 4.92 Å². The van der Waals surface area contributed by atoms with Crippen LogP contribution in [0, 0.1) is 32.8 Å². The molecule has 1 aromatic carbocycles. The van der Waals surface area contributed by atoms with E-state index in [0.29, 0.717) is 11.1 Å². The zero-order chi connectivity index (χ0) is 12.1.